The molecular weight excluding hydrogens is 523 g/mol. The Kier molecular flexibility index (Phi) is 8.83. The maximum absolute atomic E-state index is 13.1. The molecule has 1 aliphatic rings. The third-order valence-corrected chi connectivity index (χ3v) is 6.51. The lowest BCUT2D eigenvalue weighted by Gasteiger charge is -2.35. The molecule has 1 aliphatic heterocycles. The topological polar surface area (TPSA) is 117 Å². The molecular formula is C29H28F3N5O3. The second kappa shape index (κ2) is 12.5. The molecule has 0 radical (unpaired) electrons. The van der Waals surface area contributed by atoms with Crippen molar-refractivity contribution in [3.8, 4) is 11.1 Å². The third kappa shape index (κ3) is 7.25. The number of benzene rings is 3. The summed E-state index contributed by atoms with van der Waals surface area (Å²) < 4.78 is 37.3. The Morgan fingerprint density at radius 2 is 1.60 bits per heavy atom. The molecule has 1 unspecified atom stereocenters. The summed E-state index contributed by atoms with van der Waals surface area (Å²) >= 11 is 0. The minimum absolute atomic E-state index is 0.102. The Balaban J connectivity index is 1.36. The smallest absolute Gasteiger partial charge is 0.383 e. The van der Waals surface area contributed by atoms with Gasteiger partial charge in [0.15, 0.2) is 0 Å². The average molecular weight is 552 g/mol. The van der Waals surface area contributed by atoms with Crippen molar-refractivity contribution in [3.05, 3.63) is 90.0 Å². The number of amides is 4. The van der Waals surface area contributed by atoms with Crippen LogP contribution in [0.25, 0.3) is 11.1 Å². The van der Waals surface area contributed by atoms with E-state index in [0.29, 0.717) is 17.8 Å². The highest BCUT2D eigenvalue weighted by Crippen LogP contribution is 2.22. The highest BCUT2D eigenvalue weighted by atomic mass is 19.4. The van der Waals surface area contributed by atoms with Crippen molar-refractivity contribution in [2.24, 2.45) is 10.7 Å². The van der Waals surface area contributed by atoms with Crippen LogP contribution < -0.4 is 16.4 Å². The third-order valence-electron chi connectivity index (χ3n) is 6.51. The number of nitrogens with two attached hydrogens (primary N) is 1. The van der Waals surface area contributed by atoms with Crippen molar-refractivity contribution in [2.75, 3.05) is 18.4 Å². The number of likely N-dealkylation sites (tertiary alicyclic amines) is 1. The maximum Gasteiger partial charge on any atom is 0.473 e. The fourth-order valence-corrected chi connectivity index (χ4v) is 4.42. The molecule has 4 N–H and O–H groups in total. The predicted molar refractivity (Wildman–Crippen MR) is 146 cm³/mol. The molecule has 3 aromatic rings. The minimum atomic E-state index is -5.12. The molecule has 0 aromatic heterocycles. The number of hydrogen-bond donors (Lipinski definition) is 3. The Labute approximate surface area is 229 Å². The number of halogens is 3. The van der Waals surface area contributed by atoms with Crippen LogP contribution in [0.4, 0.5) is 23.7 Å². The van der Waals surface area contributed by atoms with Crippen molar-refractivity contribution in [3.63, 3.8) is 0 Å². The molecule has 8 nitrogen and oxygen atoms in total. The number of alkyl halides is 3. The Hall–Kier alpha value is -4.67. The van der Waals surface area contributed by atoms with Crippen LogP contribution in [0.3, 0.4) is 0 Å². The molecule has 1 atom stereocenters. The second-order valence-corrected chi connectivity index (χ2v) is 9.31. The van der Waals surface area contributed by atoms with Gasteiger partial charge in [-0.05, 0) is 66.8 Å². The SMILES string of the molecule is NC(=NC(=O)C(F)(F)F)c1ccc(NC(=O)N2CCCCC2CNC(=O)c2cccc(-c3ccccc3)c2)cc1. The molecule has 1 heterocycles. The fraction of sp³-hybridized carbons (Fsp3) is 0.241. The number of anilines is 1. The first-order valence-electron chi connectivity index (χ1n) is 12.7. The van der Waals surface area contributed by atoms with E-state index in [1.54, 1.807) is 11.0 Å². The standard InChI is InChI=1S/C29H28F3N5O3/c30-29(31,32)27(39)36-25(33)20-12-14-23(15-13-20)35-28(40)37-16-5-4-11-24(37)18-34-26(38)22-10-6-9-21(17-22)19-7-2-1-3-8-19/h1-3,6-10,12-15,17,24H,4-5,11,16,18H2,(H,34,38)(H,35,40)(H2,33,36,39). The number of nitrogens with zero attached hydrogens (tertiary/aromatic N) is 2. The Morgan fingerprint density at radius 3 is 2.30 bits per heavy atom. The number of carbonyl (C=O) groups excluding carboxylic acids is 3. The summed E-state index contributed by atoms with van der Waals surface area (Å²) in [7, 11) is 0. The van der Waals surface area contributed by atoms with E-state index in [9.17, 15) is 27.6 Å². The number of nitrogens with one attached hydrogen (secondary N) is 2. The molecule has 3 aromatic carbocycles. The molecule has 1 fully saturated rings. The Bertz CT molecular complexity index is 1390. The summed E-state index contributed by atoms with van der Waals surface area (Å²) in [5.74, 6) is -3.11. The summed E-state index contributed by atoms with van der Waals surface area (Å²) in [4.78, 5) is 41.5. The minimum Gasteiger partial charge on any atom is -0.383 e. The predicted octanol–water partition coefficient (Wildman–Crippen LogP) is 4.96. The first-order valence-corrected chi connectivity index (χ1v) is 12.7. The van der Waals surface area contributed by atoms with Crippen LogP contribution in [0.2, 0.25) is 0 Å². The fourth-order valence-electron chi connectivity index (χ4n) is 4.42. The van der Waals surface area contributed by atoms with Gasteiger partial charge in [-0.2, -0.15) is 18.2 Å². The highest BCUT2D eigenvalue weighted by Gasteiger charge is 2.38. The molecule has 11 heteroatoms. The van der Waals surface area contributed by atoms with E-state index in [2.05, 4.69) is 15.6 Å². The molecule has 208 valence electrons. The van der Waals surface area contributed by atoms with Gasteiger partial charge in [0.1, 0.15) is 5.84 Å². The quantitative estimate of drug-likeness (QED) is 0.296. The van der Waals surface area contributed by atoms with E-state index in [-0.39, 0.29) is 30.1 Å². The van der Waals surface area contributed by atoms with Crippen LogP contribution in [-0.4, -0.2) is 53.9 Å². The number of rotatable bonds is 6. The van der Waals surface area contributed by atoms with Crippen molar-refractivity contribution in [1.29, 1.82) is 0 Å². The molecule has 4 amide bonds. The molecule has 0 bridgehead atoms. The van der Waals surface area contributed by atoms with Gasteiger partial charge in [0.2, 0.25) is 0 Å². The summed E-state index contributed by atoms with van der Waals surface area (Å²) in [6.45, 7) is 0.786. The second-order valence-electron chi connectivity index (χ2n) is 9.31. The average Bonchev–Trinajstić information content (AvgIpc) is 2.96. The molecule has 0 aliphatic carbocycles. The monoisotopic (exact) mass is 551 g/mol. The van der Waals surface area contributed by atoms with Gasteiger partial charge >= 0.3 is 18.1 Å². The molecule has 1 saturated heterocycles. The largest absolute Gasteiger partial charge is 0.473 e. The summed E-state index contributed by atoms with van der Waals surface area (Å²) in [6, 6.07) is 22.1. The van der Waals surface area contributed by atoms with Crippen LogP contribution >= 0.6 is 0 Å². The van der Waals surface area contributed by atoms with Crippen LogP contribution in [-0.2, 0) is 4.79 Å². The zero-order valence-corrected chi connectivity index (χ0v) is 21.4. The van der Waals surface area contributed by atoms with E-state index in [1.165, 1.54) is 24.3 Å². The molecule has 0 spiro atoms. The molecule has 0 saturated carbocycles. The van der Waals surface area contributed by atoms with Gasteiger partial charge < -0.3 is 21.3 Å². The zero-order chi connectivity index (χ0) is 28.7. The van der Waals surface area contributed by atoms with E-state index < -0.39 is 17.9 Å². The van der Waals surface area contributed by atoms with Crippen molar-refractivity contribution in [1.82, 2.24) is 10.2 Å². The Morgan fingerprint density at radius 1 is 0.900 bits per heavy atom. The van der Waals surface area contributed by atoms with E-state index in [4.69, 9.17) is 5.73 Å². The summed E-state index contributed by atoms with van der Waals surface area (Å²) in [6.07, 6.45) is -2.67. The van der Waals surface area contributed by atoms with E-state index >= 15 is 0 Å². The number of amidine groups is 1. The van der Waals surface area contributed by atoms with Gasteiger partial charge in [0.25, 0.3) is 5.91 Å². The number of urea groups is 1. The lowest BCUT2D eigenvalue weighted by molar-refractivity contribution is -0.169. The van der Waals surface area contributed by atoms with Crippen LogP contribution in [0, 0.1) is 0 Å². The highest BCUT2D eigenvalue weighted by molar-refractivity contribution is 6.05. The number of hydrogen-bond acceptors (Lipinski definition) is 3. The van der Waals surface area contributed by atoms with Crippen molar-refractivity contribution < 1.29 is 27.6 Å². The van der Waals surface area contributed by atoms with E-state index in [0.717, 1.165) is 30.4 Å². The number of piperidine rings is 1. The van der Waals surface area contributed by atoms with Crippen LogP contribution in [0.1, 0.15) is 35.2 Å². The van der Waals surface area contributed by atoms with Crippen LogP contribution in [0.15, 0.2) is 83.9 Å². The van der Waals surface area contributed by atoms with Gasteiger partial charge in [0, 0.05) is 29.9 Å². The number of aliphatic imine (C=N–C) groups is 1. The zero-order valence-electron chi connectivity index (χ0n) is 21.4. The van der Waals surface area contributed by atoms with Crippen LogP contribution in [0.5, 0.6) is 0 Å². The number of carbonyl (C=O) groups is 3. The maximum atomic E-state index is 13.1. The normalized spacial score (nSPS) is 15.8. The molecule has 4 rings (SSSR count). The van der Waals surface area contributed by atoms with E-state index in [1.807, 2.05) is 48.5 Å². The molecule has 40 heavy (non-hydrogen) atoms. The van der Waals surface area contributed by atoms with Gasteiger partial charge in [-0.3, -0.25) is 9.59 Å². The summed E-state index contributed by atoms with van der Waals surface area (Å²) in [5, 5.41) is 5.71. The lowest BCUT2D eigenvalue weighted by atomic mass is 10.0. The van der Waals surface area contributed by atoms with Gasteiger partial charge in [0.05, 0.1) is 6.04 Å². The van der Waals surface area contributed by atoms with Crippen molar-refractivity contribution in [2.45, 2.75) is 31.5 Å². The first kappa shape index (κ1) is 28.3. The first-order chi connectivity index (χ1) is 19.1. The van der Waals surface area contributed by atoms with Gasteiger partial charge in [-0.25, -0.2) is 4.79 Å². The van der Waals surface area contributed by atoms with Crippen molar-refractivity contribution >= 4 is 29.4 Å². The van der Waals surface area contributed by atoms with Gasteiger partial charge in [-0.15, -0.1) is 0 Å². The summed E-state index contributed by atoms with van der Waals surface area (Å²) in [5.41, 5.74) is 8.46. The lowest BCUT2D eigenvalue weighted by Crippen LogP contribution is -2.50. The van der Waals surface area contributed by atoms with Gasteiger partial charge in [-0.1, -0.05) is 42.5 Å².